The smallest absolute Gasteiger partial charge is 0.315 e. The minimum absolute atomic E-state index is 0.197. The van der Waals surface area contributed by atoms with Gasteiger partial charge in [0, 0.05) is 25.4 Å². The Labute approximate surface area is 137 Å². The minimum Gasteiger partial charge on any atom is -0.478 e. The highest BCUT2D eigenvalue weighted by Crippen LogP contribution is 2.07. The highest BCUT2D eigenvalue weighted by Gasteiger charge is 2.02. The molecule has 122 valence electrons. The van der Waals surface area contributed by atoms with Gasteiger partial charge >= 0.3 is 6.03 Å². The number of pyridine rings is 1. The number of carbonyl (C=O) groups excluding carboxylic acids is 1. The Hall–Kier alpha value is -2.56. The number of hydrogen-bond acceptors (Lipinski definition) is 3. The van der Waals surface area contributed by atoms with Crippen LogP contribution < -0.4 is 15.4 Å². The molecule has 0 saturated heterocycles. The van der Waals surface area contributed by atoms with Crippen LogP contribution in [0.25, 0.3) is 0 Å². The Morgan fingerprint density at radius 1 is 1.04 bits per heavy atom. The van der Waals surface area contributed by atoms with Gasteiger partial charge in [0.15, 0.2) is 0 Å². The van der Waals surface area contributed by atoms with Crippen LogP contribution in [0.1, 0.15) is 30.0 Å². The van der Waals surface area contributed by atoms with E-state index in [0.29, 0.717) is 25.6 Å². The summed E-state index contributed by atoms with van der Waals surface area (Å²) in [5, 5.41) is 5.65. The van der Waals surface area contributed by atoms with Gasteiger partial charge in [-0.3, -0.25) is 0 Å². The zero-order valence-corrected chi connectivity index (χ0v) is 13.6. The van der Waals surface area contributed by atoms with Crippen LogP contribution in [0.15, 0.2) is 42.6 Å². The maximum Gasteiger partial charge on any atom is 0.315 e. The number of ether oxygens (including phenoxy) is 1. The maximum absolute atomic E-state index is 11.8. The molecule has 2 rings (SSSR count). The molecule has 0 aliphatic heterocycles. The van der Waals surface area contributed by atoms with Gasteiger partial charge in [0.05, 0.1) is 6.61 Å². The molecule has 1 aromatic heterocycles. The lowest BCUT2D eigenvalue weighted by Gasteiger charge is -2.08. The molecule has 0 radical (unpaired) electrons. The molecular formula is C18H23N3O2. The quantitative estimate of drug-likeness (QED) is 0.825. The third-order valence-corrected chi connectivity index (χ3v) is 3.28. The lowest BCUT2D eigenvalue weighted by Crippen LogP contribution is -2.34. The molecule has 5 heteroatoms. The summed E-state index contributed by atoms with van der Waals surface area (Å²) in [4.78, 5) is 16.0. The summed E-state index contributed by atoms with van der Waals surface area (Å²) in [7, 11) is 0. The number of hydrogen-bond donors (Lipinski definition) is 2. The Morgan fingerprint density at radius 3 is 2.30 bits per heavy atom. The van der Waals surface area contributed by atoms with E-state index in [-0.39, 0.29) is 6.03 Å². The van der Waals surface area contributed by atoms with Gasteiger partial charge in [-0.15, -0.1) is 0 Å². The molecule has 0 unspecified atom stereocenters. The first kappa shape index (κ1) is 16.8. The van der Waals surface area contributed by atoms with E-state index in [0.717, 1.165) is 17.5 Å². The molecule has 2 aromatic rings. The molecule has 1 heterocycles. The third-order valence-electron chi connectivity index (χ3n) is 3.28. The lowest BCUT2D eigenvalue weighted by atomic mass is 10.1. The molecule has 0 atom stereocenters. The van der Waals surface area contributed by atoms with Crippen LogP contribution in [0.2, 0.25) is 0 Å². The predicted molar refractivity (Wildman–Crippen MR) is 90.3 cm³/mol. The van der Waals surface area contributed by atoms with E-state index in [9.17, 15) is 4.79 Å². The van der Waals surface area contributed by atoms with Crippen molar-refractivity contribution in [2.24, 2.45) is 0 Å². The van der Waals surface area contributed by atoms with Crippen molar-refractivity contribution in [1.29, 1.82) is 0 Å². The van der Waals surface area contributed by atoms with Crippen molar-refractivity contribution in [3.8, 4) is 5.88 Å². The lowest BCUT2D eigenvalue weighted by molar-refractivity contribution is 0.240. The Bertz CT molecular complexity index is 609. The summed E-state index contributed by atoms with van der Waals surface area (Å²) in [6.07, 6.45) is 2.66. The Balaban J connectivity index is 1.72. The van der Waals surface area contributed by atoms with Gasteiger partial charge in [0.2, 0.25) is 5.88 Å². The average Bonchev–Trinajstić information content (AvgIpc) is 2.58. The molecule has 1 aromatic carbocycles. The van der Waals surface area contributed by atoms with E-state index in [1.807, 2.05) is 50.2 Å². The molecule has 0 bridgehead atoms. The van der Waals surface area contributed by atoms with E-state index < -0.39 is 0 Å². The first-order chi connectivity index (χ1) is 11.2. The fraction of sp³-hybridized carbons (Fsp3) is 0.333. The maximum atomic E-state index is 11.8. The first-order valence-electron chi connectivity index (χ1n) is 7.82. The summed E-state index contributed by atoms with van der Waals surface area (Å²) < 4.78 is 5.42. The van der Waals surface area contributed by atoms with Crippen molar-refractivity contribution in [3.63, 3.8) is 0 Å². The van der Waals surface area contributed by atoms with Gasteiger partial charge in [-0.05, 0) is 24.5 Å². The number of urea groups is 1. The summed E-state index contributed by atoms with van der Waals surface area (Å²) in [6.45, 7) is 5.69. The van der Waals surface area contributed by atoms with Crippen molar-refractivity contribution >= 4 is 6.03 Å². The van der Waals surface area contributed by atoms with Crippen LogP contribution in [-0.4, -0.2) is 17.6 Å². The minimum atomic E-state index is -0.197. The highest BCUT2D eigenvalue weighted by atomic mass is 16.5. The van der Waals surface area contributed by atoms with Gasteiger partial charge < -0.3 is 15.4 Å². The highest BCUT2D eigenvalue weighted by molar-refractivity contribution is 5.73. The van der Waals surface area contributed by atoms with Crippen molar-refractivity contribution < 1.29 is 9.53 Å². The number of benzene rings is 1. The molecule has 0 fully saturated rings. The van der Waals surface area contributed by atoms with Crippen molar-refractivity contribution in [3.05, 3.63) is 59.3 Å². The molecule has 0 aliphatic carbocycles. The average molecular weight is 313 g/mol. The number of aromatic nitrogens is 1. The van der Waals surface area contributed by atoms with Gasteiger partial charge in [-0.1, -0.05) is 42.8 Å². The largest absolute Gasteiger partial charge is 0.478 e. The fourth-order valence-corrected chi connectivity index (χ4v) is 1.94. The summed E-state index contributed by atoms with van der Waals surface area (Å²) in [6, 6.07) is 11.6. The zero-order valence-electron chi connectivity index (χ0n) is 13.6. The van der Waals surface area contributed by atoms with E-state index in [1.54, 1.807) is 6.20 Å². The Morgan fingerprint density at radius 2 is 1.70 bits per heavy atom. The molecule has 2 amide bonds. The van der Waals surface area contributed by atoms with Gasteiger partial charge in [-0.25, -0.2) is 9.78 Å². The molecule has 0 aliphatic rings. The van der Waals surface area contributed by atoms with Crippen LogP contribution in [0.4, 0.5) is 4.79 Å². The van der Waals surface area contributed by atoms with E-state index in [1.165, 1.54) is 5.56 Å². The second kappa shape index (κ2) is 8.78. The molecule has 2 N–H and O–H groups in total. The standard InChI is InChI=1S/C18H23N3O2/c1-3-10-23-17-9-8-16(12-19-17)13-21-18(22)20-11-15-6-4-14(2)5-7-15/h4-9,12H,3,10-11,13H2,1-2H3,(H2,20,21,22). The van der Waals surface area contributed by atoms with Gasteiger partial charge in [0.1, 0.15) is 0 Å². The third kappa shape index (κ3) is 5.98. The molecule has 0 saturated carbocycles. The van der Waals surface area contributed by atoms with E-state index >= 15 is 0 Å². The van der Waals surface area contributed by atoms with E-state index in [2.05, 4.69) is 15.6 Å². The van der Waals surface area contributed by atoms with Gasteiger partial charge in [-0.2, -0.15) is 0 Å². The van der Waals surface area contributed by atoms with Crippen molar-refractivity contribution in [2.75, 3.05) is 6.61 Å². The molecule has 0 spiro atoms. The van der Waals surface area contributed by atoms with Crippen LogP contribution in [0.5, 0.6) is 5.88 Å². The van der Waals surface area contributed by atoms with Crippen molar-refractivity contribution in [1.82, 2.24) is 15.6 Å². The first-order valence-corrected chi connectivity index (χ1v) is 7.82. The molecule has 5 nitrogen and oxygen atoms in total. The second-order valence-corrected chi connectivity index (χ2v) is 5.37. The number of rotatable bonds is 7. The Kier molecular flexibility index (Phi) is 6.41. The van der Waals surface area contributed by atoms with Crippen LogP contribution in [0, 0.1) is 6.92 Å². The van der Waals surface area contributed by atoms with E-state index in [4.69, 9.17) is 4.74 Å². The van der Waals surface area contributed by atoms with Gasteiger partial charge in [0.25, 0.3) is 0 Å². The fourth-order valence-electron chi connectivity index (χ4n) is 1.94. The second-order valence-electron chi connectivity index (χ2n) is 5.37. The summed E-state index contributed by atoms with van der Waals surface area (Å²) in [5.41, 5.74) is 3.21. The number of amides is 2. The number of nitrogens with one attached hydrogen (secondary N) is 2. The predicted octanol–water partition coefficient (Wildman–Crippen LogP) is 3.18. The normalized spacial score (nSPS) is 10.2. The molecular weight excluding hydrogens is 290 g/mol. The summed E-state index contributed by atoms with van der Waals surface area (Å²) >= 11 is 0. The number of carbonyl (C=O) groups is 1. The number of nitrogens with zero attached hydrogens (tertiary/aromatic N) is 1. The monoisotopic (exact) mass is 313 g/mol. The van der Waals surface area contributed by atoms with Crippen LogP contribution in [0.3, 0.4) is 0 Å². The summed E-state index contributed by atoms with van der Waals surface area (Å²) in [5.74, 6) is 0.611. The topological polar surface area (TPSA) is 63.2 Å². The van der Waals surface area contributed by atoms with Crippen LogP contribution in [-0.2, 0) is 13.1 Å². The van der Waals surface area contributed by atoms with Crippen LogP contribution >= 0.6 is 0 Å². The number of aryl methyl sites for hydroxylation is 1. The molecule has 23 heavy (non-hydrogen) atoms. The van der Waals surface area contributed by atoms with Crippen molar-refractivity contribution in [2.45, 2.75) is 33.4 Å². The SMILES string of the molecule is CCCOc1ccc(CNC(=O)NCc2ccc(C)cc2)cn1. The zero-order chi connectivity index (χ0) is 16.5.